The summed E-state index contributed by atoms with van der Waals surface area (Å²) in [6.45, 7) is 18.1. The van der Waals surface area contributed by atoms with E-state index in [-0.39, 0.29) is 0 Å². The first-order chi connectivity index (χ1) is 37.0. The lowest BCUT2D eigenvalue weighted by molar-refractivity contribution is 0.304. The van der Waals surface area contributed by atoms with Gasteiger partial charge in [-0.3, -0.25) is 0 Å². The Hall–Kier alpha value is -8.34. The molecule has 0 radical (unpaired) electrons. The Bertz CT molecular complexity index is 3100. The molecule has 0 unspecified atom stereocenters. The number of anilines is 9. The van der Waals surface area contributed by atoms with E-state index in [1.807, 2.05) is 0 Å². The molecule has 0 N–H and O–H groups in total. The molecule has 76 heavy (non-hydrogen) atoms. The van der Waals surface area contributed by atoms with Gasteiger partial charge in [0.15, 0.2) is 0 Å². The molecular formula is C72H73N3O. The van der Waals surface area contributed by atoms with Gasteiger partial charge in [0.1, 0.15) is 5.75 Å². The number of aryl methyl sites for hydroxylation is 7. The fourth-order valence-corrected chi connectivity index (χ4v) is 9.77. The molecule has 0 aliphatic heterocycles. The van der Waals surface area contributed by atoms with E-state index >= 15 is 0 Å². The number of rotatable bonds is 20. The molecule has 0 aliphatic rings. The zero-order valence-electron chi connectivity index (χ0n) is 45.9. The fraction of sp³-hybridized carbons (Fsp3) is 0.194. The van der Waals surface area contributed by atoms with Crippen molar-refractivity contribution in [3.05, 3.63) is 261 Å². The standard InChI is InChI=1S/C72H73N3O/c1-9-10-11-12-13-48-76-71-46-47-72(58(8)51-71)75(67-40-24-59(25-41-67)22-28-61-30-44-69(49-56(61)6)73(63-32-14-52(2)15-33-63)64-34-16-53(3)17-35-64)68-42-26-60(27-43-68)23-29-62-31-45-70(50-57(62)7)74(65-36-18-54(4)19-37-65)66-38-20-55(5)21-39-66/h14-47,49-51H,9-13,48H2,1-8H3. The molecule has 9 rings (SSSR count). The average molecular weight is 996 g/mol. The first-order valence-corrected chi connectivity index (χ1v) is 27.2. The van der Waals surface area contributed by atoms with Gasteiger partial charge < -0.3 is 19.4 Å². The molecule has 9 aromatic rings. The third kappa shape index (κ3) is 13.1. The van der Waals surface area contributed by atoms with Crippen LogP contribution in [0.15, 0.2) is 200 Å². The van der Waals surface area contributed by atoms with Crippen LogP contribution in [0.5, 0.6) is 5.75 Å². The highest BCUT2D eigenvalue weighted by Crippen LogP contribution is 2.40. The Morgan fingerprint density at radius 1 is 0.316 bits per heavy atom. The SMILES string of the molecule is CCCCCCCOc1ccc(N(c2ccc(C=Cc3ccc(N(c4ccc(C)cc4)c4ccc(C)cc4)cc3C)cc2)c2ccc(C=Cc3ccc(N(c4ccc(C)cc4)c4ccc(C)cc4)cc3C)cc2)c(C)c1. The summed E-state index contributed by atoms with van der Waals surface area (Å²) < 4.78 is 6.28. The van der Waals surface area contributed by atoms with Crippen LogP contribution in [0.25, 0.3) is 24.3 Å². The molecule has 0 atom stereocenters. The second-order valence-electron chi connectivity index (χ2n) is 20.5. The summed E-state index contributed by atoms with van der Waals surface area (Å²) in [7, 11) is 0. The number of nitrogens with zero attached hydrogens (tertiary/aromatic N) is 3. The van der Waals surface area contributed by atoms with Crippen molar-refractivity contribution in [2.24, 2.45) is 0 Å². The first kappa shape index (κ1) is 52.5. The van der Waals surface area contributed by atoms with E-state index in [2.05, 4.69) is 295 Å². The lowest BCUT2D eigenvalue weighted by Crippen LogP contribution is -2.11. The van der Waals surface area contributed by atoms with Crippen molar-refractivity contribution in [3.63, 3.8) is 0 Å². The van der Waals surface area contributed by atoms with Crippen LogP contribution >= 0.6 is 0 Å². The molecule has 0 fully saturated rings. The van der Waals surface area contributed by atoms with Crippen molar-refractivity contribution < 1.29 is 4.74 Å². The molecule has 0 amide bonds. The van der Waals surface area contributed by atoms with Crippen molar-refractivity contribution in [1.29, 1.82) is 0 Å². The van der Waals surface area contributed by atoms with Crippen molar-refractivity contribution in [2.45, 2.75) is 87.5 Å². The van der Waals surface area contributed by atoms with Gasteiger partial charge in [-0.1, -0.05) is 164 Å². The molecule has 0 spiro atoms. The lowest BCUT2D eigenvalue weighted by Gasteiger charge is -2.27. The van der Waals surface area contributed by atoms with E-state index in [4.69, 9.17) is 4.74 Å². The normalized spacial score (nSPS) is 11.4. The lowest BCUT2D eigenvalue weighted by atomic mass is 10.0. The highest BCUT2D eigenvalue weighted by atomic mass is 16.5. The van der Waals surface area contributed by atoms with Gasteiger partial charge in [0, 0.05) is 51.2 Å². The van der Waals surface area contributed by atoms with Crippen LogP contribution in [0.2, 0.25) is 0 Å². The monoisotopic (exact) mass is 996 g/mol. The molecule has 4 heteroatoms. The van der Waals surface area contributed by atoms with Crippen LogP contribution in [0.1, 0.15) is 100 Å². The number of unbranched alkanes of at least 4 members (excludes halogenated alkanes) is 4. The third-order valence-electron chi connectivity index (χ3n) is 14.3. The summed E-state index contributed by atoms with van der Waals surface area (Å²) in [6.07, 6.45) is 15.0. The molecule has 0 aromatic heterocycles. The fourth-order valence-electron chi connectivity index (χ4n) is 9.77. The van der Waals surface area contributed by atoms with E-state index in [1.54, 1.807) is 0 Å². The second-order valence-corrected chi connectivity index (χ2v) is 20.5. The van der Waals surface area contributed by atoms with Crippen LogP contribution in [0.4, 0.5) is 51.2 Å². The van der Waals surface area contributed by atoms with Crippen LogP contribution in [0.3, 0.4) is 0 Å². The molecular weight excluding hydrogens is 923 g/mol. The highest BCUT2D eigenvalue weighted by Gasteiger charge is 2.18. The predicted molar refractivity (Wildman–Crippen MR) is 329 cm³/mol. The van der Waals surface area contributed by atoms with Gasteiger partial charge in [0.2, 0.25) is 0 Å². The Morgan fingerprint density at radius 3 is 1.04 bits per heavy atom. The number of hydrogen-bond acceptors (Lipinski definition) is 4. The Labute approximate surface area is 453 Å². The number of benzene rings is 9. The van der Waals surface area contributed by atoms with Crippen molar-refractivity contribution in [1.82, 2.24) is 0 Å². The minimum absolute atomic E-state index is 0.738. The molecule has 382 valence electrons. The summed E-state index contributed by atoms with van der Waals surface area (Å²) >= 11 is 0. The summed E-state index contributed by atoms with van der Waals surface area (Å²) in [5.74, 6) is 0.917. The van der Waals surface area contributed by atoms with E-state index < -0.39 is 0 Å². The smallest absolute Gasteiger partial charge is 0.119 e. The second kappa shape index (κ2) is 24.8. The topological polar surface area (TPSA) is 19.0 Å². The third-order valence-corrected chi connectivity index (χ3v) is 14.3. The van der Waals surface area contributed by atoms with Crippen LogP contribution in [-0.4, -0.2) is 6.61 Å². The molecule has 0 bridgehead atoms. The molecule has 0 aliphatic carbocycles. The molecule has 0 saturated carbocycles. The van der Waals surface area contributed by atoms with Crippen LogP contribution in [-0.2, 0) is 0 Å². The zero-order chi connectivity index (χ0) is 53.0. The van der Waals surface area contributed by atoms with Gasteiger partial charge in [-0.15, -0.1) is 0 Å². The minimum Gasteiger partial charge on any atom is -0.494 e. The van der Waals surface area contributed by atoms with Crippen molar-refractivity contribution >= 4 is 75.5 Å². The van der Waals surface area contributed by atoms with Gasteiger partial charge in [-0.25, -0.2) is 0 Å². The maximum Gasteiger partial charge on any atom is 0.119 e. The van der Waals surface area contributed by atoms with Gasteiger partial charge in [-0.2, -0.15) is 0 Å². The van der Waals surface area contributed by atoms with E-state index in [1.165, 1.54) is 70.2 Å². The molecule has 9 aromatic carbocycles. The molecule has 4 nitrogen and oxygen atoms in total. The van der Waals surface area contributed by atoms with E-state index in [0.29, 0.717) is 0 Å². The summed E-state index contributed by atoms with van der Waals surface area (Å²) in [6, 6.07) is 72.9. The average Bonchev–Trinajstić information content (AvgIpc) is 3.44. The Kier molecular flexibility index (Phi) is 17.1. The van der Waals surface area contributed by atoms with E-state index in [9.17, 15) is 0 Å². The maximum atomic E-state index is 6.28. The quantitative estimate of drug-likeness (QED) is 0.0559. The Morgan fingerprint density at radius 2 is 0.671 bits per heavy atom. The van der Waals surface area contributed by atoms with Crippen molar-refractivity contribution in [3.8, 4) is 5.75 Å². The largest absolute Gasteiger partial charge is 0.494 e. The van der Waals surface area contributed by atoms with Gasteiger partial charge in [0.05, 0.1) is 6.61 Å². The van der Waals surface area contributed by atoms with Crippen molar-refractivity contribution in [2.75, 3.05) is 21.3 Å². The van der Waals surface area contributed by atoms with Gasteiger partial charge in [0.25, 0.3) is 0 Å². The minimum atomic E-state index is 0.738. The van der Waals surface area contributed by atoms with Gasteiger partial charge >= 0.3 is 0 Å². The highest BCUT2D eigenvalue weighted by molar-refractivity contribution is 5.84. The predicted octanol–water partition coefficient (Wildman–Crippen LogP) is 20.9. The molecule has 0 heterocycles. The zero-order valence-corrected chi connectivity index (χ0v) is 45.9. The van der Waals surface area contributed by atoms with Crippen LogP contribution < -0.4 is 19.4 Å². The van der Waals surface area contributed by atoms with Crippen LogP contribution in [0, 0.1) is 48.5 Å². The summed E-state index contributed by atoms with van der Waals surface area (Å²) in [5.41, 5.74) is 23.3. The number of ether oxygens (including phenoxy) is 1. The van der Waals surface area contributed by atoms with Gasteiger partial charge in [-0.05, 0) is 209 Å². The summed E-state index contributed by atoms with van der Waals surface area (Å²) in [4.78, 5) is 7.03. The summed E-state index contributed by atoms with van der Waals surface area (Å²) in [5, 5.41) is 0. The first-order valence-electron chi connectivity index (χ1n) is 27.2. The Balaban J connectivity index is 0.957. The molecule has 0 saturated heterocycles. The van der Waals surface area contributed by atoms with E-state index in [0.717, 1.165) is 86.7 Å². The number of hydrogen-bond donors (Lipinski definition) is 0. The maximum absolute atomic E-state index is 6.28.